The average molecular weight is 248 g/mol. The maximum atomic E-state index is 11.8. The van der Waals surface area contributed by atoms with Crippen molar-refractivity contribution in [1.29, 1.82) is 0 Å². The van der Waals surface area contributed by atoms with Crippen LogP contribution < -0.4 is 21.7 Å². The van der Waals surface area contributed by atoms with Gasteiger partial charge in [0.15, 0.2) is 0 Å². The zero-order chi connectivity index (χ0) is 13.0. The van der Waals surface area contributed by atoms with Gasteiger partial charge in [-0.3, -0.25) is 4.79 Å². The van der Waals surface area contributed by atoms with Gasteiger partial charge in [0.05, 0.1) is 0 Å². The number of hydrogen-bond donors (Lipinski definition) is 4. The Labute approximate surface area is 105 Å². The minimum absolute atomic E-state index is 0.104. The zero-order valence-corrected chi connectivity index (χ0v) is 9.90. The van der Waals surface area contributed by atoms with E-state index in [1.165, 1.54) is 0 Å². The lowest BCUT2D eigenvalue weighted by atomic mass is 10.0. The van der Waals surface area contributed by atoms with Gasteiger partial charge in [-0.15, -0.1) is 0 Å². The number of amides is 3. The molecule has 1 aliphatic heterocycles. The summed E-state index contributed by atoms with van der Waals surface area (Å²) in [6.45, 7) is 2.61. The molecule has 0 aliphatic carbocycles. The summed E-state index contributed by atoms with van der Waals surface area (Å²) in [5, 5.41) is 8.46. The SMILES string of the molecule is NC(=O)Nc1ccc(C(=O)NCC2CNC2)cc1. The van der Waals surface area contributed by atoms with E-state index in [1.54, 1.807) is 24.3 Å². The molecule has 0 radical (unpaired) electrons. The Bertz CT molecular complexity index is 440. The van der Waals surface area contributed by atoms with E-state index in [0.29, 0.717) is 23.7 Å². The second-order valence-corrected chi connectivity index (χ2v) is 4.30. The number of primary amides is 1. The van der Waals surface area contributed by atoms with E-state index in [0.717, 1.165) is 13.1 Å². The van der Waals surface area contributed by atoms with Crippen molar-refractivity contribution in [2.24, 2.45) is 11.7 Å². The van der Waals surface area contributed by atoms with Crippen molar-refractivity contribution in [2.45, 2.75) is 0 Å². The van der Waals surface area contributed by atoms with E-state index in [-0.39, 0.29) is 5.91 Å². The molecule has 96 valence electrons. The van der Waals surface area contributed by atoms with Crippen LogP contribution in [0, 0.1) is 5.92 Å². The molecule has 1 aliphatic rings. The molecule has 5 N–H and O–H groups in total. The number of hydrogen-bond acceptors (Lipinski definition) is 3. The fourth-order valence-electron chi connectivity index (χ4n) is 1.68. The predicted octanol–water partition coefficient (Wildman–Crippen LogP) is 0.126. The summed E-state index contributed by atoms with van der Waals surface area (Å²) in [6, 6.07) is 5.97. The van der Waals surface area contributed by atoms with E-state index in [2.05, 4.69) is 16.0 Å². The summed E-state index contributed by atoms with van der Waals surface area (Å²) in [5.74, 6) is 0.428. The third-order valence-electron chi connectivity index (χ3n) is 2.83. The maximum absolute atomic E-state index is 11.8. The third-order valence-corrected chi connectivity index (χ3v) is 2.83. The van der Waals surface area contributed by atoms with Crippen molar-refractivity contribution >= 4 is 17.6 Å². The van der Waals surface area contributed by atoms with Crippen LogP contribution >= 0.6 is 0 Å². The van der Waals surface area contributed by atoms with Crippen molar-refractivity contribution in [2.75, 3.05) is 25.0 Å². The Morgan fingerprint density at radius 3 is 2.44 bits per heavy atom. The van der Waals surface area contributed by atoms with Crippen molar-refractivity contribution in [3.63, 3.8) is 0 Å². The van der Waals surface area contributed by atoms with Gasteiger partial charge in [-0.25, -0.2) is 4.79 Å². The van der Waals surface area contributed by atoms with Gasteiger partial charge in [-0.1, -0.05) is 0 Å². The molecule has 1 heterocycles. The lowest BCUT2D eigenvalue weighted by molar-refractivity contribution is 0.0942. The van der Waals surface area contributed by atoms with E-state index in [9.17, 15) is 9.59 Å². The van der Waals surface area contributed by atoms with Crippen molar-refractivity contribution in [3.8, 4) is 0 Å². The number of nitrogens with two attached hydrogens (primary N) is 1. The van der Waals surface area contributed by atoms with Gasteiger partial charge in [0.2, 0.25) is 0 Å². The zero-order valence-electron chi connectivity index (χ0n) is 9.90. The highest BCUT2D eigenvalue weighted by Crippen LogP contribution is 2.09. The fourth-order valence-corrected chi connectivity index (χ4v) is 1.68. The number of rotatable bonds is 4. The molecule has 0 unspecified atom stereocenters. The second kappa shape index (κ2) is 5.50. The Morgan fingerprint density at radius 2 is 1.94 bits per heavy atom. The molecule has 1 aromatic carbocycles. The molecule has 6 nitrogen and oxygen atoms in total. The topological polar surface area (TPSA) is 96.2 Å². The largest absolute Gasteiger partial charge is 0.352 e. The Balaban J connectivity index is 1.87. The standard InChI is InChI=1S/C12H16N4O2/c13-12(18)16-10-3-1-9(2-4-10)11(17)15-7-8-5-14-6-8/h1-4,8,14H,5-7H2,(H,15,17)(H3,13,16,18). The molecule has 1 aromatic rings. The van der Waals surface area contributed by atoms with Gasteiger partial charge in [0.25, 0.3) is 5.91 Å². The first-order chi connectivity index (χ1) is 8.65. The fraction of sp³-hybridized carbons (Fsp3) is 0.333. The highest BCUT2D eigenvalue weighted by atomic mass is 16.2. The van der Waals surface area contributed by atoms with Crippen LogP contribution in [0.1, 0.15) is 10.4 Å². The summed E-state index contributed by atoms with van der Waals surface area (Å²) in [7, 11) is 0. The Kier molecular flexibility index (Phi) is 3.78. The lowest BCUT2D eigenvalue weighted by Crippen LogP contribution is -2.48. The molecule has 1 saturated heterocycles. The number of nitrogens with one attached hydrogen (secondary N) is 3. The van der Waals surface area contributed by atoms with Gasteiger partial charge in [0.1, 0.15) is 0 Å². The van der Waals surface area contributed by atoms with Crippen LogP contribution in [0.4, 0.5) is 10.5 Å². The third kappa shape index (κ3) is 3.21. The molecule has 1 fully saturated rings. The van der Waals surface area contributed by atoms with Gasteiger partial charge in [-0.2, -0.15) is 0 Å². The second-order valence-electron chi connectivity index (χ2n) is 4.30. The van der Waals surface area contributed by atoms with E-state index >= 15 is 0 Å². The molecule has 18 heavy (non-hydrogen) atoms. The van der Waals surface area contributed by atoms with Gasteiger partial charge in [-0.05, 0) is 24.3 Å². The first-order valence-electron chi connectivity index (χ1n) is 5.80. The number of carbonyl (C=O) groups excluding carboxylic acids is 2. The summed E-state index contributed by atoms with van der Waals surface area (Å²) >= 11 is 0. The molecule has 3 amide bonds. The molecule has 0 saturated carbocycles. The minimum atomic E-state index is -0.621. The molecule has 0 bridgehead atoms. The number of benzene rings is 1. The highest BCUT2D eigenvalue weighted by molar-refractivity contribution is 5.95. The van der Waals surface area contributed by atoms with Crippen LogP contribution in [0.2, 0.25) is 0 Å². The van der Waals surface area contributed by atoms with Crippen LogP contribution in [-0.2, 0) is 0 Å². The first-order valence-corrected chi connectivity index (χ1v) is 5.80. The van der Waals surface area contributed by atoms with Crippen LogP contribution in [0.25, 0.3) is 0 Å². The van der Waals surface area contributed by atoms with Gasteiger partial charge >= 0.3 is 6.03 Å². The van der Waals surface area contributed by atoms with Crippen LogP contribution in [0.3, 0.4) is 0 Å². The van der Waals surface area contributed by atoms with Gasteiger partial charge < -0.3 is 21.7 Å². The molecule has 2 rings (SSSR count). The number of carbonyl (C=O) groups is 2. The monoisotopic (exact) mass is 248 g/mol. The van der Waals surface area contributed by atoms with E-state index in [1.807, 2.05) is 0 Å². The summed E-state index contributed by atoms with van der Waals surface area (Å²) < 4.78 is 0. The number of urea groups is 1. The molecule has 0 aromatic heterocycles. The minimum Gasteiger partial charge on any atom is -0.352 e. The van der Waals surface area contributed by atoms with E-state index < -0.39 is 6.03 Å². The van der Waals surface area contributed by atoms with Crippen LogP contribution in [0.5, 0.6) is 0 Å². The molecule has 0 atom stereocenters. The molecule has 6 heteroatoms. The summed E-state index contributed by atoms with van der Waals surface area (Å²) in [6.07, 6.45) is 0. The maximum Gasteiger partial charge on any atom is 0.316 e. The Hall–Kier alpha value is -2.08. The van der Waals surface area contributed by atoms with Crippen molar-refractivity contribution < 1.29 is 9.59 Å². The number of anilines is 1. The highest BCUT2D eigenvalue weighted by Gasteiger charge is 2.17. The predicted molar refractivity (Wildman–Crippen MR) is 68.3 cm³/mol. The smallest absolute Gasteiger partial charge is 0.316 e. The van der Waals surface area contributed by atoms with Gasteiger partial charge in [0, 0.05) is 36.8 Å². The lowest BCUT2D eigenvalue weighted by Gasteiger charge is -2.27. The molecule has 0 spiro atoms. The van der Waals surface area contributed by atoms with Crippen molar-refractivity contribution in [3.05, 3.63) is 29.8 Å². The van der Waals surface area contributed by atoms with E-state index in [4.69, 9.17) is 5.73 Å². The van der Waals surface area contributed by atoms with Crippen molar-refractivity contribution in [1.82, 2.24) is 10.6 Å². The normalized spacial score (nSPS) is 14.7. The van der Waals surface area contributed by atoms with Crippen LogP contribution in [0.15, 0.2) is 24.3 Å². The Morgan fingerprint density at radius 1 is 1.28 bits per heavy atom. The summed E-state index contributed by atoms with van der Waals surface area (Å²) in [4.78, 5) is 22.4. The molecular formula is C12H16N4O2. The quantitative estimate of drug-likeness (QED) is 0.609. The molecular weight excluding hydrogens is 232 g/mol. The van der Waals surface area contributed by atoms with Crippen LogP contribution in [-0.4, -0.2) is 31.6 Å². The summed E-state index contributed by atoms with van der Waals surface area (Å²) in [5.41, 5.74) is 6.13. The first kappa shape index (κ1) is 12.4. The average Bonchev–Trinajstić information content (AvgIpc) is 2.27.